The Hall–Kier alpha value is -2.66. The van der Waals surface area contributed by atoms with E-state index in [9.17, 15) is 0 Å². The van der Waals surface area contributed by atoms with Crippen molar-refractivity contribution in [3.63, 3.8) is 0 Å². The van der Waals surface area contributed by atoms with E-state index in [1.807, 2.05) is 41.1 Å². The van der Waals surface area contributed by atoms with Crippen molar-refractivity contribution in [2.45, 2.75) is 12.8 Å². The summed E-state index contributed by atoms with van der Waals surface area (Å²) in [4.78, 5) is 0. The molecule has 0 atom stereocenters. The van der Waals surface area contributed by atoms with E-state index in [-0.39, 0.29) is 0 Å². The van der Waals surface area contributed by atoms with Gasteiger partial charge in [-0.05, 0) is 42.3 Å². The minimum Gasteiger partial charge on any atom is -0.497 e. The first-order valence-electron chi connectivity index (χ1n) is 8.51. The molecule has 1 N–H and O–H groups in total. The number of aromatic nitrogens is 2. The number of methoxy groups -OCH3 is 2. The van der Waals surface area contributed by atoms with Crippen LogP contribution in [0.25, 0.3) is 5.69 Å². The first-order chi connectivity index (χ1) is 12.7. The van der Waals surface area contributed by atoms with Gasteiger partial charge in [0.15, 0.2) is 0 Å². The molecule has 134 valence electrons. The Morgan fingerprint density at radius 2 is 2.04 bits per heavy atom. The highest BCUT2D eigenvalue weighted by Gasteiger charge is 2.24. The summed E-state index contributed by atoms with van der Waals surface area (Å²) in [6.45, 7) is 0.904. The minimum atomic E-state index is 0.650. The molecule has 5 nitrogen and oxygen atoms in total. The molecule has 1 aliphatic rings. The number of hydrogen-bond donors (Lipinski definition) is 1. The lowest BCUT2D eigenvalue weighted by molar-refractivity contribution is 0.412. The van der Waals surface area contributed by atoms with E-state index >= 15 is 0 Å². The molecule has 0 saturated carbocycles. The van der Waals surface area contributed by atoms with Crippen LogP contribution in [0.5, 0.6) is 11.5 Å². The van der Waals surface area contributed by atoms with Crippen LogP contribution < -0.4 is 14.8 Å². The van der Waals surface area contributed by atoms with Crippen LogP contribution in [0, 0.1) is 0 Å². The van der Waals surface area contributed by atoms with E-state index in [4.69, 9.17) is 26.2 Å². The lowest BCUT2D eigenvalue weighted by Gasteiger charge is -2.11. The number of nitrogens with zero attached hydrogens (tertiary/aromatic N) is 2. The average molecular weight is 370 g/mol. The molecule has 6 heteroatoms. The Morgan fingerprint density at radius 3 is 2.85 bits per heavy atom. The molecule has 0 saturated heterocycles. The Labute approximate surface area is 157 Å². The maximum atomic E-state index is 6.21. The normalized spacial score (nSPS) is 12.6. The van der Waals surface area contributed by atoms with Crippen LogP contribution in [0.3, 0.4) is 0 Å². The molecule has 0 radical (unpaired) electrons. The van der Waals surface area contributed by atoms with Crippen LogP contribution in [0.4, 0.5) is 5.82 Å². The summed E-state index contributed by atoms with van der Waals surface area (Å²) < 4.78 is 12.7. The molecule has 26 heavy (non-hydrogen) atoms. The smallest absolute Gasteiger partial charge is 0.144 e. The third-order valence-corrected chi connectivity index (χ3v) is 4.84. The van der Waals surface area contributed by atoms with Gasteiger partial charge >= 0.3 is 0 Å². The van der Waals surface area contributed by atoms with Crippen molar-refractivity contribution in [2.75, 3.05) is 26.1 Å². The van der Waals surface area contributed by atoms with Crippen LogP contribution in [-0.2, 0) is 12.8 Å². The summed E-state index contributed by atoms with van der Waals surface area (Å²) in [5, 5.41) is 8.97. The summed E-state index contributed by atoms with van der Waals surface area (Å²) in [5.41, 5.74) is 4.31. The van der Waals surface area contributed by atoms with Crippen molar-refractivity contribution in [2.24, 2.45) is 0 Å². The number of rotatable bonds is 5. The molecule has 3 aromatic rings. The minimum absolute atomic E-state index is 0.650. The maximum absolute atomic E-state index is 6.21. The summed E-state index contributed by atoms with van der Waals surface area (Å²) in [6, 6.07) is 13.7. The molecular weight excluding hydrogens is 350 g/mol. The zero-order chi connectivity index (χ0) is 18.1. The Bertz CT molecular complexity index is 952. The summed E-state index contributed by atoms with van der Waals surface area (Å²) >= 11 is 6.21. The van der Waals surface area contributed by atoms with Gasteiger partial charge in [0, 0.05) is 23.6 Å². The van der Waals surface area contributed by atoms with E-state index in [1.165, 1.54) is 11.1 Å². The number of nitrogens with one attached hydrogen (secondary N) is 1. The molecule has 4 rings (SSSR count). The molecule has 2 aromatic carbocycles. The zero-order valence-corrected chi connectivity index (χ0v) is 15.5. The Balaban J connectivity index is 1.77. The predicted octanol–water partition coefficient (Wildman–Crippen LogP) is 4.10. The lowest BCUT2D eigenvalue weighted by Crippen LogP contribution is -2.06. The highest BCUT2D eigenvalue weighted by molar-refractivity contribution is 6.30. The lowest BCUT2D eigenvalue weighted by atomic mass is 10.1. The number of benzene rings is 2. The number of hydrogen-bond acceptors (Lipinski definition) is 4. The molecule has 0 spiro atoms. The van der Waals surface area contributed by atoms with E-state index in [0.717, 1.165) is 48.1 Å². The Morgan fingerprint density at radius 1 is 1.15 bits per heavy atom. The SMILES string of the molecule is COc1cccc(Cc2nn(-c3cc(Cl)ccc3OC)c3c2CCN3)c1. The predicted molar refractivity (Wildman–Crippen MR) is 103 cm³/mol. The number of fused-ring (bicyclic) bond motifs is 1. The first-order valence-corrected chi connectivity index (χ1v) is 8.89. The largest absolute Gasteiger partial charge is 0.497 e. The van der Waals surface area contributed by atoms with Crippen LogP contribution in [0.2, 0.25) is 5.02 Å². The summed E-state index contributed by atoms with van der Waals surface area (Å²) in [6.07, 6.45) is 1.70. The third-order valence-electron chi connectivity index (χ3n) is 4.61. The van der Waals surface area contributed by atoms with Gasteiger partial charge in [0.05, 0.1) is 19.9 Å². The molecule has 0 unspecified atom stereocenters. The van der Waals surface area contributed by atoms with E-state index < -0.39 is 0 Å². The topological polar surface area (TPSA) is 48.3 Å². The summed E-state index contributed by atoms with van der Waals surface area (Å²) in [5.74, 6) is 2.61. The van der Waals surface area contributed by atoms with Crippen LogP contribution in [-0.4, -0.2) is 30.5 Å². The van der Waals surface area contributed by atoms with Crippen molar-refractivity contribution < 1.29 is 9.47 Å². The molecule has 0 aliphatic carbocycles. The van der Waals surface area contributed by atoms with Gasteiger partial charge in [0.2, 0.25) is 0 Å². The first kappa shape index (κ1) is 16.8. The number of anilines is 1. The van der Waals surface area contributed by atoms with Crippen molar-refractivity contribution in [3.05, 3.63) is 64.3 Å². The van der Waals surface area contributed by atoms with Crippen LogP contribution in [0.15, 0.2) is 42.5 Å². The van der Waals surface area contributed by atoms with Gasteiger partial charge in [-0.1, -0.05) is 23.7 Å². The van der Waals surface area contributed by atoms with Crippen molar-refractivity contribution in [1.82, 2.24) is 9.78 Å². The fraction of sp³-hybridized carbons (Fsp3) is 0.250. The molecular formula is C20H20ClN3O2. The monoisotopic (exact) mass is 369 g/mol. The fourth-order valence-electron chi connectivity index (χ4n) is 3.37. The van der Waals surface area contributed by atoms with Crippen LogP contribution in [0.1, 0.15) is 16.8 Å². The molecule has 1 aliphatic heterocycles. The van der Waals surface area contributed by atoms with Crippen molar-refractivity contribution in [1.29, 1.82) is 0 Å². The third kappa shape index (κ3) is 2.99. The van der Waals surface area contributed by atoms with Gasteiger partial charge in [0.1, 0.15) is 23.0 Å². The average Bonchev–Trinajstić information content (AvgIpc) is 3.26. The highest BCUT2D eigenvalue weighted by Crippen LogP contribution is 2.34. The maximum Gasteiger partial charge on any atom is 0.144 e. The van der Waals surface area contributed by atoms with Crippen molar-refractivity contribution in [3.8, 4) is 17.2 Å². The fourth-order valence-corrected chi connectivity index (χ4v) is 3.53. The van der Waals surface area contributed by atoms with Gasteiger partial charge in [-0.25, -0.2) is 4.68 Å². The zero-order valence-electron chi connectivity index (χ0n) is 14.8. The van der Waals surface area contributed by atoms with Gasteiger partial charge < -0.3 is 14.8 Å². The molecule has 0 bridgehead atoms. The molecule has 0 amide bonds. The molecule has 2 heterocycles. The highest BCUT2D eigenvalue weighted by atomic mass is 35.5. The second kappa shape index (κ2) is 6.92. The molecule has 1 aromatic heterocycles. The van der Waals surface area contributed by atoms with E-state index in [1.54, 1.807) is 14.2 Å². The second-order valence-corrected chi connectivity index (χ2v) is 6.64. The van der Waals surface area contributed by atoms with Crippen molar-refractivity contribution >= 4 is 17.4 Å². The summed E-state index contributed by atoms with van der Waals surface area (Å²) in [7, 11) is 3.34. The van der Waals surface area contributed by atoms with Gasteiger partial charge in [0.25, 0.3) is 0 Å². The Kier molecular flexibility index (Phi) is 4.47. The quantitative estimate of drug-likeness (QED) is 0.735. The molecule has 0 fully saturated rings. The van der Waals surface area contributed by atoms with Crippen LogP contribution >= 0.6 is 11.6 Å². The second-order valence-electron chi connectivity index (χ2n) is 6.21. The van der Waals surface area contributed by atoms with E-state index in [0.29, 0.717) is 5.02 Å². The van der Waals surface area contributed by atoms with Gasteiger partial charge in [-0.15, -0.1) is 0 Å². The van der Waals surface area contributed by atoms with Gasteiger partial charge in [-0.3, -0.25) is 0 Å². The standard InChI is InChI=1S/C20H20ClN3O2/c1-25-15-5-3-4-13(10-15)11-17-16-8-9-22-20(16)24(23-17)18-12-14(21)6-7-19(18)26-2/h3-7,10,12,22H,8-9,11H2,1-2H3. The number of ether oxygens (including phenoxy) is 2. The number of halogens is 1. The van der Waals surface area contributed by atoms with Gasteiger partial charge in [-0.2, -0.15) is 5.10 Å². The van der Waals surface area contributed by atoms with E-state index in [2.05, 4.69) is 11.4 Å².